The number of rotatable bonds is 0. The molecule has 2 saturated carbocycles. The molecule has 2 aliphatic carbocycles. The molecule has 2 aliphatic rings. The first kappa shape index (κ1) is 8.59. The first-order valence-corrected chi connectivity index (χ1v) is 5.56. The molecule has 0 amide bonds. The van der Waals surface area contributed by atoms with Crippen molar-refractivity contribution in [3.63, 3.8) is 0 Å². The van der Waals surface area contributed by atoms with Gasteiger partial charge in [-0.1, -0.05) is 33.6 Å². The first-order valence-electron chi connectivity index (χ1n) is 5.56. The molecule has 0 aromatic heterocycles. The van der Waals surface area contributed by atoms with Crippen LogP contribution in [0.15, 0.2) is 0 Å². The molecule has 2 rings (SSSR count). The molecule has 0 N–H and O–H groups in total. The normalized spacial score (nSPS) is 37.8. The molecule has 0 nitrogen and oxygen atoms in total. The third-order valence-corrected chi connectivity index (χ3v) is 4.59. The van der Waals surface area contributed by atoms with E-state index in [0.717, 1.165) is 11.3 Å². The van der Waals surface area contributed by atoms with Gasteiger partial charge in [0.15, 0.2) is 0 Å². The molecule has 1 unspecified atom stereocenters. The van der Waals surface area contributed by atoms with E-state index >= 15 is 0 Å². The van der Waals surface area contributed by atoms with E-state index in [1.165, 1.54) is 38.5 Å². The molecule has 0 radical (unpaired) electrons. The van der Waals surface area contributed by atoms with Crippen LogP contribution < -0.4 is 0 Å². The van der Waals surface area contributed by atoms with E-state index in [-0.39, 0.29) is 0 Å². The van der Waals surface area contributed by atoms with E-state index in [9.17, 15) is 0 Å². The van der Waals surface area contributed by atoms with Crippen molar-refractivity contribution in [1.82, 2.24) is 0 Å². The van der Waals surface area contributed by atoms with Crippen molar-refractivity contribution in [3.05, 3.63) is 0 Å². The van der Waals surface area contributed by atoms with Gasteiger partial charge in [0.05, 0.1) is 0 Å². The fourth-order valence-corrected chi connectivity index (χ4v) is 4.04. The molecule has 0 aromatic rings. The molecule has 70 valence electrons. The lowest BCUT2D eigenvalue weighted by molar-refractivity contribution is 0.117. The summed E-state index contributed by atoms with van der Waals surface area (Å²) < 4.78 is 0. The van der Waals surface area contributed by atoms with Crippen LogP contribution in [0.4, 0.5) is 0 Å². The van der Waals surface area contributed by atoms with Crippen LogP contribution in [-0.4, -0.2) is 0 Å². The molecule has 2 fully saturated rings. The highest BCUT2D eigenvalue weighted by Crippen LogP contribution is 2.62. The number of hydrogen-bond acceptors (Lipinski definition) is 0. The highest BCUT2D eigenvalue weighted by molar-refractivity contribution is 5.02. The third kappa shape index (κ3) is 1.03. The Labute approximate surface area is 76.7 Å². The molecule has 12 heavy (non-hydrogen) atoms. The van der Waals surface area contributed by atoms with E-state index < -0.39 is 0 Å². The summed E-state index contributed by atoms with van der Waals surface area (Å²) in [4.78, 5) is 0. The fraction of sp³-hybridized carbons (Fsp3) is 1.00. The molecule has 0 aromatic carbocycles. The first-order chi connectivity index (χ1) is 5.56. The van der Waals surface area contributed by atoms with Crippen molar-refractivity contribution in [2.24, 2.45) is 16.7 Å². The summed E-state index contributed by atoms with van der Waals surface area (Å²) in [5, 5.41) is 0. The maximum Gasteiger partial charge on any atom is -0.0244 e. The second-order valence-electron chi connectivity index (χ2n) is 5.88. The van der Waals surface area contributed by atoms with Crippen LogP contribution in [0.25, 0.3) is 0 Å². The second kappa shape index (κ2) is 2.49. The van der Waals surface area contributed by atoms with Crippen LogP contribution in [0.3, 0.4) is 0 Å². The molecule has 0 aliphatic heterocycles. The molecule has 1 spiro atoms. The van der Waals surface area contributed by atoms with E-state index in [1.54, 1.807) is 0 Å². The summed E-state index contributed by atoms with van der Waals surface area (Å²) in [7, 11) is 0. The molecular formula is C12H22. The third-order valence-electron chi connectivity index (χ3n) is 4.59. The van der Waals surface area contributed by atoms with Crippen molar-refractivity contribution in [1.29, 1.82) is 0 Å². The van der Waals surface area contributed by atoms with Gasteiger partial charge in [-0.25, -0.2) is 0 Å². The number of hydrogen-bond donors (Lipinski definition) is 0. The van der Waals surface area contributed by atoms with E-state index in [4.69, 9.17) is 0 Å². The van der Waals surface area contributed by atoms with Crippen LogP contribution in [-0.2, 0) is 0 Å². The van der Waals surface area contributed by atoms with Gasteiger partial charge in [-0.2, -0.15) is 0 Å². The van der Waals surface area contributed by atoms with E-state index in [2.05, 4.69) is 20.8 Å². The molecule has 0 saturated heterocycles. The lowest BCUT2D eigenvalue weighted by atomic mass is 9.67. The summed E-state index contributed by atoms with van der Waals surface area (Å²) in [6, 6.07) is 0. The zero-order chi connectivity index (χ0) is 8.82. The van der Waals surface area contributed by atoms with Gasteiger partial charge in [0.2, 0.25) is 0 Å². The average molecular weight is 166 g/mol. The SMILES string of the molecule is CC1CC(C)(C)C2(CCCC2)C1. The quantitative estimate of drug-likeness (QED) is 0.510. The topological polar surface area (TPSA) is 0 Å². The zero-order valence-corrected chi connectivity index (χ0v) is 8.82. The van der Waals surface area contributed by atoms with Crippen molar-refractivity contribution >= 4 is 0 Å². The second-order valence-corrected chi connectivity index (χ2v) is 5.88. The van der Waals surface area contributed by atoms with Crippen molar-refractivity contribution in [2.75, 3.05) is 0 Å². The minimum absolute atomic E-state index is 0.642. The standard InChI is InChI=1S/C12H22/c1-10-8-11(2,3)12(9-10)6-4-5-7-12/h10H,4-9H2,1-3H3. The Kier molecular flexibility index (Phi) is 1.79. The van der Waals surface area contributed by atoms with Gasteiger partial charge in [0, 0.05) is 0 Å². The predicted molar refractivity (Wildman–Crippen MR) is 53.1 cm³/mol. The summed E-state index contributed by atoms with van der Waals surface area (Å²) in [6.07, 6.45) is 9.01. The lowest BCUT2D eigenvalue weighted by Crippen LogP contribution is -2.29. The van der Waals surface area contributed by atoms with Crippen LogP contribution in [0.2, 0.25) is 0 Å². The van der Waals surface area contributed by atoms with Gasteiger partial charge in [-0.05, 0) is 42.4 Å². The monoisotopic (exact) mass is 166 g/mol. The Balaban J connectivity index is 2.23. The Morgan fingerprint density at radius 2 is 1.58 bits per heavy atom. The molecule has 0 heteroatoms. The summed E-state index contributed by atoms with van der Waals surface area (Å²) in [5.41, 5.74) is 1.40. The van der Waals surface area contributed by atoms with Crippen molar-refractivity contribution < 1.29 is 0 Å². The van der Waals surface area contributed by atoms with Gasteiger partial charge >= 0.3 is 0 Å². The summed E-state index contributed by atoms with van der Waals surface area (Å²) in [6.45, 7) is 7.44. The zero-order valence-electron chi connectivity index (χ0n) is 8.82. The van der Waals surface area contributed by atoms with Gasteiger partial charge < -0.3 is 0 Å². The largest absolute Gasteiger partial charge is 0.0625 e. The Morgan fingerprint density at radius 1 is 1.00 bits per heavy atom. The Morgan fingerprint density at radius 3 is 2.00 bits per heavy atom. The molecule has 0 bridgehead atoms. The van der Waals surface area contributed by atoms with Gasteiger partial charge in [-0.3, -0.25) is 0 Å². The summed E-state index contributed by atoms with van der Waals surface area (Å²) in [5.74, 6) is 0.984. The predicted octanol–water partition coefficient (Wildman–Crippen LogP) is 4.00. The van der Waals surface area contributed by atoms with Gasteiger partial charge in [-0.15, -0.1) is 0 Å². The maximum atomic E-state index is 2.50. The van der Waals surface area contributed by atoms with Crippen LogP contribution >= 0.6 is 0 Å². The molecular weight excluding hydrogens is 144 g/mol. The van der Waals surface area contributed by atoms with E-state index in [0.29, 0.717) is 5.41 Å². The highest BCUT2D eigenvalue weighted by Gasteiger charge is 2.51. The van der Waals surface area contributed by atoms with Crippen LogP contribution in [0.5, 0.6) is 0 Å². The van der Waals surface area contributed by atoms with Crippen molar-refractivity contribution in [3.8, 4) is 0 Å². The van der Waals surface area contributed by atoms with Crippen LogP contribution in [0.1, 0.15) is 59.3 Å². The molecule has 1 atom stereocenters. The minimum atomic E-state index is 0.642. The van der Waals surface area contributed by atoms with E-state index in [1.807, 2.05) is 0 Å². The van der Waals surface area contributed by atoms with Crippen LogP contribution in [0, 0.1) is 16.7 Å². The Hall–Kier alpha value is 0. The minimum Gasteiger partial charge on any atom is -0.0625 e. The fourth-order valence-electron chi connectivity index (χ4n) is 4.04. The van der Waals surface area contributed by atoms with Crippen molar-refractivity contribution in [2.45, 2.75) is 59.3 Å². The Bertz CT molecular complexity index is 172. The van der Waals surface area contributed by atoms with Gasteiger partial charge in [0.1, 0.15) is 0 Å². The summed E-state index contributed by atoms with van der Waals surface area (Å²) >= 11 is 0. The maximum absolute atomic E-state index is 2.50. The smallest absolute Gasteiger partial charge is 0.0244 e. The molecule has 0 heterocycles. The highest BCUT2D eigenvalue weighted by atomic mass is 14.6. The lowest BCUT2D eigenvalue weighted by Gasteiger charge is -2.38. The average Bonchev–Trinajstić information content (AvgIpc) is 2.42. The van der Waals surface area contributed by atoms with Gasteiger partial charge in [0.25, 0.3) is 0 Å².